The second-order valence-electron chi connectivity index (χ2n) is 3.84. The smallest absolute Gasteiger partial charge is 0.161 e. The third-order valence-corrected chi connectivity index (χ3v) is 2.65. The maximum Gasteiger partial charge on any atom is 0.161 e. The van der Waals surface area contributed by atoms with E-state index in [0.717, 1.165) is 12.0 Å². The Labute approximate surface area is 94.9 Å². The average Bonchev–Trinajstić information content (AvgIpc) is 2.74. The molecule has 0 bridgehead atoms. The maximum absolute atomic E-state index is 11.4. The quantitative estimate of drug-likeness (QED) is 0.838. The predicted molar refractivity (Wildman–Crippen MR) is 63.8 cm³/mol. The molecule has 1 aliphatic carbocycles. The van der Waals surface area contributed by atoms with Gasteiger partial charge >= 0.3 is 0 Å². The van der Waals surface area contributed by atoms with Crippen molar-refractivity contribution in [2.24, 2.45) is 0 Å². The number of hydrogen-bond donors (Lipinski definition) is 1. The molecular formula is C14H14O2. The van der Waals surface area contributed by atoms with Crippen molar-refractivity contribution in [1.82, 2.24) is 0 Å². The molecule has 0 amide bonds. The Morgan fingerprint density at radius 1 is 1.25 bits per heavy atom. The average molecular weight is 214 g/mol. The minimum Gasteiger partial charge on any atom is -0.384 e. The largest absolute Gasteiger partial charge is 0.384 e. The fourth-order valence-corrected chi connectivity index (χ4v) is 1.77. The molecule has 1 unspecified atom stereocenters. The number of hydrogen-bond acceptors (Lipinski definition) is 2. The Balaban J connectivity index is 2.05. The topological polar surface area (TPSA) is 37.3 Å². The Kier molecular flexibility index (Phi) is 3.32. The summed E-state index contributed by atoms with van der Waals surface area (Å²) in [5, 5.41) is 9.80. The van der Waals surface area contributed by atoms with E-state index in [0.29, 0.717) is 12.0 Å². The van der Waals surface area contributed by atoms with Gasteiger partial charge in [0.15, 0.2) is 5.78 Å². The molecule has 0 saturated carbocycles. The zero-order chi connectivity index (χ0) is 11.4. The molecule has 1 aromatic rings. The number of aliphatic hydroxyl groups is 1. The summed E-state index contributed by atoms with van der Waals surface area (Å²) in [6.07, 6.45) is 5.83. The van der Waals surface area contributed by atoms with Crippen LogP contribution in [0.3, 0.4) is 0 Å². The van der Waals surface area contributed by atoms with E-state index >= 15 is 0 Å². The van der Waals surface area contributed by atoms with Crippen LogP contribution in [-0.4, -0.2) is 17.0 Å². The summed E-state index contributed by atoms with van der Waals surface area (Å²) in [7, 11) is 0. The summed E-state index contributed by atoms with van der Waals surface area (Å²) < 4.78 is 0. The third-order valence-electron chi connectivity index (χ3n) is 2.65. The molecule has 1 aliphatic rings. The number of rotatable bonds is 3. The third kappa shape index (κ3) is 2.47. The van der Waals surface area contributed by atoms with Gasteiger partial charge in [-0.2, -0.15) is 0 Å². The van der Waals surface area contributed by atoms with Gasteiger partial charge in [-0.1, -0.05) is 48.6 Å². The monoisotopic (exact) mass is 214 g/mol. The highest BCUT2D eigenvalue weighted by Crippen LogP contribution is 2.18. The van der Waals surface area contributed by atoms with Crippen LogP contribution >= 0.6 is 0 Å². The van der Waals surface area contributed by atoms with Crippen molar-refractivity contribution in [3.8, 4) is 0 Å². The van der Waals surface area contributed by atoms with Crippen molar-refractivity contribution >= 4 is 11.9 Å². The minimum atomic E-state index is -0.768. The lowest BCUT2D eigenvalue weighted by molar-refractivity contribution is -0.115. The van der Waals surface area contributed by atoms with Crippen molar-refractivity contribution in [3.05, 3.63) is 53.6 Å². The van der Waals surface area contributed by atoms with Crippen LogP contribution < -0.4 is 0 Å². The molecule has 2 nitrogen and oxygen atoms in total. The predicted octanol–water partition coefficient (Wildman–Crippen LogP) is 2.35. The summed E-state index contributed by atoms with van der Waals surface area (Å²) in [5.41, 5.74) is 1.56. The Morgan fingerprint density at radius 2 is 2.00 bits per heavy atom. The van der Waals surface area contributed by atoms with E-state index in [1.165, 1.54) is 0 Å². The normalized spacial score (nSPS) is 17.8. The van der Waals surface area contributed by atoms with E-state index in [9.17, 15) is 9.90 Å². The Morgan fingerprint density at radius 3 is 2.62 bits per heavy atom. The Bertz CT molecular complexity index is 429. The minimum absolute atomic E-state index is 0.0604. The number of allylic oxidation sites excluding steroid dienone is 1. The van der Waals surface area contributed by atoms with Crippen LogP contribution in [0, 0.1) is 0 Å². The molecule has 0 fully saturated rings. The van der Waals surface area contributed by atoms with E-state index < -0.39 is 6.10 Å². The zero-order valence-corrected chi connectivity index (χ0v) is 8.97. The summed E-state index contributed by atoms with van der Waals surface area (Å²) in [4.78, 5) is 11.4. The van der Waals surface area contributed by atoms with Crippen molar-refractivity contribution in [3.63, 3.8) is 0 Å². The van der Waals surface area contributed by atoms with Crippen LogP contribution in [0.4, 0.5) is 0 Å². The Hall–Kier alpha value is -1.67. The molecule has 0 aliphatic heterocycles. The van der Waals surface area contributed by atoms with Crippen LogP contribution in [0.5, 0.6) is 0 Å². The van der Waals surface area contributed by atoms with E-state index in [2.05, 4.69) is 0 Å². The number of aliphatic hydroxyl groups excluding tert-OH is 1. The summed E-state index contributed by atoms with van der Waals surface area (Å²) in [6, 6.07) is 9.72. The first-order valence-corrected chi connectivity index (χ1v) is 5.42. The first-order chi connectivity index (χ1) is 7.77. The molecule has 2 heteroatoms. The van der Waals surface area contributed by atoms with Gasteiger partial charge in [-0.3, -0.25) is 4.79 Å². The highest BCUT2D eigenvalue weighted by atomic mass is 16.3. The first-order valence-electron chi connectivity index (χ1n) is 5.42. The zero-order valence-electron chi connectivity index (χ0n) is 8.97. The van der Waals surface area contributed by atoms with E-state index in [-0.39, 0.29) is 5.78 Å². The van der Waals surface area contributed by atoms with Crippen molar-refractivity contribution in [2.75, 3.05) is 0 Å². The van der Waals surface area contributed by atoms with Crippen LogP contribution in [0.1, 0.15) is 18.4 Å². The van der Waals surface area contributed by atoms with Gasteiger partial charge in [0, 0.05) is 12.0 Å². The summed E-state index contributed by atoms with van der Waals surface area (Å²) >= 11 is 0. The van der Waals surface area contributed by atoms with Gasteiger partial charge in [-0.25, -0.2) is 0 Å². The van der Waals surface area contributed by atoms with Crippen LogP contribution in [-0.2, 0) is 4.79 Å². The van der Waals surface area contributed by atoms with Gasteiger partial charge in [-0.15, -0.1) is 0 Å². The van der Waals surface area contributed by atoms with Gasteiger partial charge < -0.3 is 5.11 Å². The molecule has 1 N–H and O–H groups in total. The molecule has 0 radical (unpaired) electrons. The van der Waals surface area contributed by atoms with E-state index in [4.69, 9.17) is 0 Å². The van der Waals surface area contributed by atoms with Crippen molar-refractivity contribution in [1.29, 1.82) is 0 Å². The molecule has 1 aromatic carbocycles. The van der Waals surface area contributed by atoms with Gasteiger partial charge in [0.25, 0.3) is 0 Å². The molecule has 16 heavy (non-hydrogen) atoms. The molecular weight excluding hydrogens is 200 g/mol. The van der Waals surface area contributed by atoms with Gasteiger partial charge in [0.05, 0.1) is 0 Å². The highest BCUT2D eigenvalue weighted by Gasteiger charge is 2.19. The number of carbonyl (C=O) groups excluding carboxylic acids is 1. The van der Waals surface area contributed by atoms with Crippen molar-refractivity contribution in [2.45, 2.75) is 18.9 Å². The van der Waals surface area contributed by atoms with E-state index in [1.807, 2.05) is 42.5 Å². The number of benzene rings is 1. The number of Topliss-reactive ketones (excluding diaryl/α,β-unsaturated/α-hetero) is 1. The number of ketones is 1. The molecule has 0 spiro atoms. The summed E-state index contributed by atoms with van der Waals surface area (Å²) in [5.74, 6) is 0.0604. The van der Waals surface area contributed by atoms with Gasteiger partial charge in [0.1, 0.15) is 6.10 Å². The van der Waals surface area contributed by atoms with Crippen LogP contribution in [0.2, 0.25) is 0 Å². The second-order valence-corrected chi connectivity index (χ2v) is 3.84. The SMILES string of the molecule is O=C1CCC=C1C(O)/C=C/c1ccccc1. The van der Waals surface area contributed by atoms with Gasteiger partial charge in [0.2, 0.25) is 0 Å². The van der Waals surface area contributed by atoms with Crippen LogP contribution in [0.15, 0.2) is 48.1 Å². The number of carbonyl (C=O) groups is 1. The lowest BCUT2D eigenvalue weighted by Gasteiger charge is -2.04. The second kappa shape index (κ2) is 4.90. The van der Waals surface area contributed by atoms with E-state index in [1.54, 1.807) is 6.08 Å². The molecule has 82 valence electrons. The molecule has 0 heterocycles. The lowest BCUT2D eigenvalue weighted by atomic mass is 10.1. The lowest BCUT2D eigenvalue weighted by Crippen LogP contribution is -2.11. The highest BCUT2D eigenvalue weighted by molar-refractivity contribution is 5.98. The fourth-order valence-electron chi connectivity index (χ4n) is 1.77. The van der Waals surface area contributed by atoms with Gasteiger partial charge in [-0.05, 0) is 12.0 Å². The molecule has 0 saturated heterocycles. The van der Waals surface area contributed by atoms with Crippen LogP contribution in [0.25, 0.3) is 6.08 Å². The molecule has 0 aromatic heterocycles. The summed E-state index contributed by atoms with van der Waals surface area (Å²) in [6.45, 7) is 0. The maximum atomic E-state index is 11.4. The fraction of sp³-hybridized carbons (Fsp3) is 0.214. The first kappa shape index (κ1) is 10.8. The molecule has 2 rings (SSSR count). The molecule has 1 atom stereocenters. The van der Waals surface area contributed by atoms with Crippen molar-refractivity contribution < 1.29 is 9.90 Å². The standard InChI is InChI=1S/C14H14O2/c15-13-8-4-7-12(13)14(16)10-9-11-5-2-1-3-6-11/h1-3,5-7,9-10,14,16H,4,8H2/b10-9+.